The topological polar surface area (TPSA) is 96.5 Å². The summed E-state index contributed by atoms with van der Waals surface area (Å²) in [4.78, 5) is 38.0. The summed E-state index contributed by atoms with van der Waals surface area (Å²) in [6.07, 6.45) is 0. The second kappa shape index (κ2) is 6.00. The smallest absolute Gasteiger partial charge is 0.343 e. The predicted octanol–water partition coefficient (Wildman–Crippen LogP) is 2.66. The lowest BCUT2D eigenvalue weighted by atomic mass is 10.1. The van der Waals surface area contributed by atoms with E-state index < -0.39 is 23.1 Å². The number of nitrogens with one attached hydrogen (secondary N) is 1. The standard InChI is InChI=1S/C18H13NO5/c1-10(20)15-16(21)13-8-7-11(9-14(13)19-17(15)22)18(23)24-12-5-3-2-4-6-12/h2-9H,1H3,(H2,19,21,22). The Morgan fingerprint density at radius 2 is 1.79 bits per heavy atom. The van der Waals surface area contributed by atoms with Gasteiger partial charge < -0.3 is 14.8 Å². The third-order valence-corrected chi connectivity index (χ3v) is 3.53. The van der Waals surface area contributed by atoms with E-state index in [1.807, 2.05) is 0 Å². The van der Waals surface area contributed by atoms with E-state index in [-0.39, 0.29) is 22.0 Å². The van der Waals surface area contributed by atoms with Crippen LogP contribution in [0, 0.1) is 0 Å². The molecule has 0 bridgehead atoms. The number of H-pyrrole nitrogens is 1. The fourth-order valence-corrected chi connectivity index (χ4v) is 2.39. The van der Waals surface area contributed by atoms with Crippen molar-refractivity contribution in [1.29, 1.82) is 0 Å². The Balaban J connectivity index is 2.03. The number of pyridine rings is 1. The third kappa shape index (κ3) is 2.77. The first-order chi connectivity index (χ1) is 11.5. The van der Waals surface area contributed by atoms with Gasteiger partial charge in [0.15, 0.2) is 5.78 Å². The Bertz CT molecular complexity index is 1010. The van der Waals surface area contributed by atoms with Crippen molar-refractivity contribution in [3.63, 3.8) is 0 Å². The normalized spacial score (nSPS) is 10.5. The fraction of sp³-hybridized carbons (Fsp3) is 0.0556. The molecule has 0 saturated heterocycles. The molecule has 6 nitrogen and oxygen atoms in total. The zero-order valence-electron chi connectivity index (χ0n) is 12.7. The molecule has 1 heterocycles. The number of hydrogen-bond acceptors (Lipinski definition) is 5. The molecule has 24 heavy (non-hydrogen) atoms. The van der Waals surface area contributed by atoms with Crippen LogP contribution in [0.4, 0.5) is 0 Å². The molecule has 1 aromatic heterocycles. The molecule has 0 aliphatic carbocycles. The van der Waals surface area contributed by atoms with Crippen molar-refractivity contribution < 1.29 is 19.4 Å². The highest BCUT2D eigenvalue weighted by atomic mass is 16.5. The van der Waals surface area contributed by atoms with Gasteiger partial charge in [-0.25, -0.2) is 4.79 Å². The minimum Gasteiger partial charge on any atom is -0.506 e. The average molecular weight is 323 g/mol. The molecule has 6 heteroatoms. The van der Waals surface area contributed by atoms with Gasteiger partial charge in [-0.05, 0) is 37.3 Å². The number of rotatable bonds is 3. The van der Waals surface area contributed by atoms with Crippen LogP contribution < -0.4 is 10.3 Å². The Hall–Kier alpha value is -3.41. The SMILES string of the molecule is CC(=O)c1c(O)c2ccc(C(=O)Oc3ccccc3)cc2[nH]c1=O. The molecule has 2 N–H and O–H groups in total. The molecule has 0 radical (unpaired) electrons. The number of Topliss-reactive ketones (excluding diaryl/α,β-unsaturated/α-hetero) is 1. The van der Waals surface area contributed by atoms with E-state index in [9.17, 15) is 19.5 Å². The van der Waals surface area contributed by atoms with Crippen LogP contribution in [0.3, 0.4) is 0 Å². The number of esters is 1. The lowest BCUT2D eigenvalue weighted by molar-refractivity contribution is 0.0734. The highest BCUT2D eigenvalue weighted by Gasteiger charge is 2.17. The molecule has 0 unspecified atom stereocenters. The van der Waals surface area contributed by atoms with Crippen molar-refractivity contribution in [1.82, 2.24) is 4.98 Å². The number of ether oxygens (including phenoxy) is 1. The number of hydrogen-bond donors (Lipinski definition) is 2. The van der Waals surface area contributed by atoms with Gasteiger partial charge in [0.05, 0.1) is 11.1 Å². The third-order valence-electron chi connectivity index (χ3n) is 3.53. The predicted molar refractivity (Wildman–Crippen MR) is 87.6 cm³/mol. The lowest BCUT2D eigenvalue weighted by Crippen LogP contribution is -2.16. The van der Waals surface area contributed by atoms with Gasteiger partial charge in [-0.3, -0.25) is 9.59 Å². The minimum absolute atomic E-state index is 0.206. The number of benzene rings is 2. The van der Waals surface area contributed by atoms with Gasteiger partial charge in [-0.2, -0.15) is 0 Å². The molecule has 0 atom stereocenters. The van der Waals surface area contributed by atoms with Crippen LogP contribution in [0.25, 0.3) is 10.9 Å². The van der Waals surface area contributed by atoms with Crippen molar-refractivity contribution in [2.75, 3.05) is 0 Å². The summed E-state index contributed by atoms with van der Waals surface area (Å²) in [6.45, 7) is 1.20. The van der Waals surface area contributed by atoms with Crippen LogP contribution >= 0.6 is 0 Å². The van der Waals surface area contributed by atoms with Crippen molar-refractivity contribution >= 4 is 22.7 Å². The van der Waals surface area contributed by atoms with Crippen molar-refractivity contribution in [2.24, 2.45) is 0 Å². The number of aromatic amines is 1. The quantitative estimate of drug-likeness (QED) is 0.439. The highest BCUT2D eigenvalue weighted by Crippen LogP contribution is 2.26. The van der Waals surface area contributed by atoms with Crippen molar-refractivity contribution in [3.8, 4) is 11.5 Å². The maximum absolute atomic E-state index is 12.2. The fourth-order valence-electron chi connectivity index (χ4n) is 2.39. The number of carbonyl (C=O) groups is 2. The second-order valence-corrected chi connectivity index (χ2v) is 5.20. The molecular weight excluding hydrogens is 310 g/mol. The van der Waals surface area contributed by atoms with Crippen LogP contribution in [-0.4, -0.2) is 21.8 Å². The molecule has 3 aromatic rings. The lowest BCUT2D eigenvalue weighted by Gasteiger charge is -2.08. The van der Waals surface area contributed by atoms with E-state index in [1.54, 1.807) is 30.3 Å². The van der Waals surface area contributed by atoms with Crippen LogP contribution in [0.5, 0.6) is 11.5 Å². The van der Waals surface area contributed by atoms with Gasteiger partial charge in [0.2, 0.25) is 0 Å². The first-order valence-corrected chi connectivity index (χ1v) is 7.14. The molecule has 3 rings (SSSR count). The monoisotopic (exact) mass is 323 g/mol. The highest BCUT2D eigenvalue weighted by molar-refractivity contribution is 6.03. The zero-order chi connectivity index (χ0) is 17.3. The first-order valence-electron chi connectivity index (χ1n) is 7.14. The summed E-state index contributed by atoms with van der Waals surface area (Å²) in [7, 11) is 0. The van der Waals surface area contributed by atoms with Gasteiger partial charge in [0, 0.05) is 5.39 Å². The molecule has 0 fully saturated rings. The van der Waals surface area contributed by atoms with E-state index in [4.69, 9.17) is 4.74 Å². The van der Waals surface area contributed by atoms with E-state index in [0.717, 1.165) is 0 Å². The van der Waals surface area contributed by atoms with E-state index in [2.05, 4.69) is 4.98 Å². The molecule has 0 aliphatic rings. The van der Waals surface area contributed by atoms with Gasteiger partial charge >= 0.3 is 5.97 Å². The Labute approximate surface area is 136 Å². The summed E-state index contributed by atoms with van der Waals surface area (Å²) < 4.78 is 5.22. The summed E-state index contributed by atoms with van der Waals surface area (Å²) in [5.74, 6) is -1.14. The summed E-state index contributed by atoms with van der Waals surface area (Å²) in [6, 6.07) is 12.9. The number of aromatic nitrogens is 1. The van der Waals surface area contributed by atoms with E-state index in [0.29, 0.717) is 5.75 Å². The molecule has 0 spiro atoms. The van der Waals surface area contributed by atoms with Gasteiger partial charge in [0.1, 0.15) is 17.1 Å². The Kier molecular flexibility index (Phi) is 3.87. The Morgan fingerprint density at radius 1 is 1.08 bits per heavy atom. The maximum Gasteiger partial charge on any atom is 0.343 e. The van der Waals surface area contributed by atoms with E-state index in [1.165, 1.54) is 25.1 Å². The van der Waals surface area contributed by atoms with Crippen molar-refractivity contribution in [2.45, 2.75) is 6.92 Å². The number of aromatic hydroxyl groups is 1. The molecule has 2 aromatic carbocycles. The second-order valence-electron chi connectivity index (χ2n) is 5.20. The number of ketones is 1. The van der Waals surface area contributed by atoms with Gasteiger partial charge in [-0.1, -0.05) is 18.2 Å². The minimum atomic E-state index is -0.707. The van der Waals surface area contributed by atoms with Crippen LogP contribution in [0.2, 0.25) is 0 Å². The maximum atomic E-state index is 12.2. The zero-order valence-corrected chi connectivity index (χ0v) is 12.7. The molecule has 0 aliphatic heterocycles. The van der Waals surface area contributed by atoms with Crippen molar-refractivity contribution in [3.05, 3.63) is 70.0 Å². The average Bonchev–Trinajstić information content (AvgIpc) is 2.54. The summed E-state index contributed by atoms with van der Waals surface area (Å²) in [5.41, 5.74) is -0.565. The largest absolute Gasteiger partial charge is 0.506 e. The van der Waals surface area contributed by atoms with Crippen LogP contribution in [-0.2, 0) is 0 Å². The molecule has 0 saturated carbocycles. The summed E-state index contributed by atoms with van der Waals surface area (Å²) >= 11 is 0. The molecule has 120 valence electrons. The van der Waals surface area contributed by atoms with Crippen LogP contribution in [0.1, 0.15) is 27.6 Å². The molecular formula is C18H13NO5. The summed E-state index contributed by atoms with van der Waals surface area (Å²) in [5, 5.41) is 10.4. The van der Waals surface area contributed by atoms with Crippen LogP contribution in [0.15, 0.2) is 53.3 Å². The number of para-hydroxylation sites is 1. The molecule has 0 amide bonds. The first kappa shape index (κ1) is 15.5. The number of carbonyl (C=O) groups excluding carboxylic acids is 2. The van der Waals surface area contributed by atoms with E-state index >= 15 is 0 Å². The Morgan fingerprint density at radius 3 is 2.46 bits per heavy atom. The van der Waals surface area contributed by atoms with Gasteiger partial charge in [-0.15, -0.1) is 0 Å². The number of fused-ring (bicyclic) bond motifs is 1. The van der Waals surface area contributed by atoms with Gasteiger partial charge in [0.25, 0.3) is 5.56 Å².